The molecular weight excluding hydrogens is 488 g/mol. The monoisotopic (exact) mass is 532 g/mol. The van der Waals surface area contributed by atoms with E-state index in [1.54, 1.807) is 0 Å². The minimum Gasteiger partial charge on any atom is -0.848 e. The lowest BCUT2D eigenvalue weighted by atomic mass is 9.47. The number of carbonyl (C=O) groups is 1. The van der Waals surface area contributed by atoms with E-state index >= 15 is 0 Å². The number of nitrogens with zero attached hydrogens (tertiary/aromatic N) is 2. The van der Waals surface area contributed by atoms with E-state index in [1.807, 2.05) is 33.3 Å². The van der Waals surface area contributed by atoms with Crippen LogP contribution in [-0.4, -0.2) is 55.5 Å². The minimum absolute atomic E-state index is 0.0386. The second-order valence-corrected chi connectivity index (χ2v) is 14.3. The van der Waals surface area contributed by atoms with Gasteiger partial charge in [0.05, 0.1) is 27.7 Å². The first-order valence-corrected chi connectivity index (χ1v) is 14.9. The van der Waals surface area contributed by atoms with Crippen molar-refractivity contribution in [2.75, 3.05) is 27.7 Å². The predicted octanol–water partition coefficient (Wildman–Crippen LogP) is 5.52. The molecule has 0 aliphatic heterocycles. The van der Waals surface area contributed by atoms with Crippen LogP contribution >= 0.6 is 0 Å². The Bertz CT molecular complexity index is 1320. The SMILES string of the molecule is C[C@]12CC[C@H](OC(=O)CC([O-])C[N+](C)(C)C)CC1=CCC1C2CC[C@]2(C)C(c3onc4ccccc34)=CCC12. The molecule has 7 atom stereocenters. The van der Waals surface area contributed by atoms with E-state index < -0.39 is 6.10 Å². The third-order valence-electron chi connectivity index (χ3n) is 10.7. The van der Waals surface area contributed by atoms with Crippen molar-refractivity contribution >= 4 is 22.4 Å². The molecule has 0 bridgehead atoms. The van der Waals surface area contributed by atoms with Crippen LogP contribution in [0.25, 0.3) is 16.5 Å². The molecule has 0 radical (unpaired) electrons. The number of fused-ring (bicyclic) bond motifs is 6. The first kappa shape index (κ1) is 26.8. The Kier molecular flexibility index (Phi) is 6.58. The van der Waals surface area contributed by atoms with E-state index in [0.29, 0.717) is 28.8 Å². The number of hydrogen-bond donors (Lipinski definition) is 0. The third kappa shape index (κ3) is 4.67. The molecule has 210 valence electrons. The number of ether oxygens (including phenoxy) is 1. The van der Waals surface area contributed by atoms with Crippen molar-refractivity contribution in [2.24, 2.45) is 28.6 Å². The maximum absolute atomic E-state index is 12.6. The number of likely N-dealkylation sites (N-methyl/N-ethyl adjacent to an activating group) is 1. The second-order valence-electron chi connectivity index (χ2n) is 14.3. The molecule has 0 saturated heterocycles. The summed E-state index contributed by atoms with van der Waals surface area (Å²) in [4.78, 5) is 12.6. The quantitative estimate of drug-likeness (QED) is 0.278. The van der Waals surface area contributed by atoms with Gasteiger partial charge in [-0.1, -0.05) is 55.0 Å². The van der Waals surface area contributed by atoms with Crippen LogP contribution in [0, 0.1) is 28.6 Å². The summed E-state index contributed by atoms with van der Waals surface area (Å²) in [7, 11) is 5.94. The van der Waals surface area contributed by atoms with Crippen LogP contribution < -0.4 is 5.11 Å². The summed E-state index contributed by atoms with van der Waals surface area (Å²) in [5, 5.41) is 17.9. The molecular formula is C33H44N2O4. The minimum atomic E-state index is -0.919. The number of hydrogen-bond acceptors (Lipinski definition) is 5. The van der Waals surface area contributed by atoms with Gasteiger partial charge in [-0.15, -0.1) is 0 Å². The van der Waals surface area contributed by atoms with Gasteiger partial charge in [-0.2, -0.15) is 0 Å². The zero-order valence-electron chi connectivity index (χ0n) is 24.2. The van der Waals surface area contributed by atoms with E-state index in [0.717, 1.165) is 55.2 Å². The maximum atomic E-state index is 12.6. The second kappa shape index (κ2) is 9.59. The standard InChI is InChI=1S/C33H44N2O4/c1-32-16-14-23(38-30(37)19-22(36)20-35(3,4)5)18-21(32)10-11-24-26-12-13-28(33(26,2)17-15-27(24)32)31-25-8-6-7-9-29(25)34-39-31/h6-10,13,22-24,26-27H,11-12,14-20H2,1-5H3/t22?,23-,24?,26?,27?,32-,33-/m0/s1. The highest BCUT2D eigenvalue weighted by Crippen LogP contribution is 2.66. The number of rotatable bonds is 6. The van der Waals surface area contributed by atoms with Crippen LogP contribution in [-0.2, 0) is 9.53 Å². The van der Waals surface area contributed by atoms with E-state index in [2.05, 4.69) is 43.3 Å². The van der Waals surface area contributed by atoms with Gasteiger partial charge in [0.15, 0.2) is 5.76 Å². The highest BCUT2D eigenvalue weighted by molar-refractivity contribution is 5.91. The fourth-order valence-corrected chi connectivity index (χ4v) is 8.83. The highest BCUT2D eigenvalue weighted by Gasteiger charge is 2.57. The first-order chi connectivity index (χ1) is 18.5. The summed E-state index contributed by atoms with van der Waals surface area (Å²) in [5.41, 5.74) is 4.05. The smallest absolute Gasteiger partial charge is 0.305 e. The number of benzene rings is 1. The van der Waals surface area contributed by atoms with Crippen molar-refractivity contribution < 1.29 is 23.6 Å². The topological polar surface area (TPSA) is 75.4 Å². The fraction of sp³-hybridized carbons (Fsp3) is 0.636. The fourth-order valence-electron chi connectivity index (χ4n) is 8.83. The Morgan fingerprint density at radius 2 is 1.87 bits per heavy atom. The molecule has 4 aliphatic rings. The average Bonchev–Trinajstić information content (AvgIpc) is 3.43. The summed E-state index contributed by atoms with van der Waals surface area (Å²) in [6.07, 6.45) is 11.2. The third-order valence-corrected chi connectivity index (χ3v) is 10.7. The number of esters is 1. The van der Waals surface area contributed by atoms with Crippen LogP contribution in [0.2, 0.25) is 0 Å². The number of allylic oxidation sites excluding steroid dienone is 3. The molecule has 0 N–H and O–H groups in total. The van der Waals surface area contributed by atoms with Crippen molar-refractivity contribution in [2.45, 2.75) is 77.4 Å². The molecule has 6 heteroatoms. The van der Waals surface area contributed by atoms with E-state index in [9.17, 15) is 9.90 Å². The van der Waals surface area contributed by atoms with Crippen LogP contribution in [0.1, 0.15) is 71.0 Å². The van der Waals surface area contributed by atoms with Crippen LogP contribution in [0.15, 0.2) is 46.5 Å². The van der Waals surface area contributed by atoms with E-state index in [1.165, 1.54) is 17.6 Å². The van der Waals surface area contributed by atoms with E-state index in [-0.39, 0.29) is 29.3 Å². The van der Waals surface area contributed by atoms with Crippen molar-refractivity contribution in [1.29, 1.82) is 0 Å². The molecule has 1 aromatic carbocycles. The molecule has 2 fully saturated rings. The molecule has 6 nitrogen and oxygen atoms in total. The maximum Gasteiger partial charge on any atom is 0.305 e. The zero-order chi connectivity index (χ0) is 27.6. The summed E-state index contributed by atoms with van der Waals surface area (Å²) in [5.74, 6) is 2.55. The van der Waals surface area contributed by atoms with Gasteiger partial charge >= 0.3 is 5.97 Å². The van der Waals surface area contributed by atoms with Gasteiger partial charge in [0.1, 0.15) is 11.6 Å². The van der Waals surface area contributed by atoms with Gasteiger partial charge in [-0.25, -0.2) is 0 Å². The number of carbonyl (C=O) groups excluding carboxylic acids is 1. The van der Waals surface area contributed by atoms with Gasteiger partial charge < -0.3 is 18.8 Å². The lowest BCUT2D eigenvalue weighted by Gasteiger charge is -2.57. The van der Waals surface area contributed by atoms with Crippen molar-refractivity contribution in [3.05, 3.63) is 47.8 Å². The van der Waals surface area contributed by atoms with E-state index in [4.69, 9.17) is 9.26 Å². The number of quaternary nitrogens is 1. The lowest BCUT2D eigenvalue weighted by molar-refractivity contribution is -0.880. The Balaban J connectivity index is 1.15. The van der Waals surface area contributed by atoms with Crippen LogP contribution in [0.4, 0.5) is 0 Å². The van der Waals surface area contributed by atoms with Crippen molar-refractivity contribution in [3.8, 4) is 0 Å². The first-order valence-electron chi connectivity index (χ1n) is 14.9. The Morgan fingerprint density at radius 3 is 2.67 bits per heavy atom. The molecule has 2 saturated carbocycles. The van der Waals surface area contributed by atoms with Crippen LogP contribution in [0.5, 0.6) is 0 Å². The molecule has 4 unspecified atom stereocenters. The lowest BCUT2D eigenvalue weighted by Crippen LogP contribution is -2.50. The molecule has 6 rings (SSSR count). The normalized spacial score (nSPS) is 34.9. The summed E-state index contributed by atoms with van der Waals surface area (Å²) in [6, 6.07) is 8.25. The molecule has 0 amide bonds. The van der Waals surface area contributed by atoms with Gasteiger partial charge in [-0.05, 0) is 79.2 Å². The molecule has 1 aromatic heterocycles. The molecule has 0 spiro atoms. The van der Waals surface area contributed by atoms with Gasteiger partial charge in [0.25, 0.3) is 0 Å². The summed E-state index contributed by atoms with van der Waals surface area (Å²) < 4.78 is 12.4. The summed E-state index contributed by atoms with van der Waals surface area (Å²) in [6.45, 7) is 5.36. The van der Waals surface area contributed by atoms with Crippen LogP contribution in [0.3, 0.4) is 0 Å². The summed E-state index contributed by atoms with van der Waals surface area (Å²) >= 11 is 0. The molecule has 1 heterocycles. The Hall–Kier alpha value is -2.44. The largest absolute Gasteiger partial charge is 0.848 e. The zero-order valence-corrected chi connectivity index (χ0v) is 24.2. The number of aromatic nitrogens is 1. The predicted molar refractivity (Wildman–Crippen MR) is 150 cm³/mol. The van der Waals surface area contributed by atoms with Gasteiger partial charge in [0, 0.05) is 23.8 Å². The van der Waals surface area contributed by atoms with Gasteiger partial charge in [-0.3, -0.25) is 4.79 Å². The molecule has 2 aromatic rings. The molecule has 4 aliphatic carbocycles. The Morgan fingerprint density at radius 1 is 1.10 bits per heavy atom. The highest BCUT2D eigenvalue weighted by atomic mass is 16.5. The average molecular weight is 533 g/mol. The van der Waals surface area contributed by atoms with Crippen molar-refractivity contribution in [3.63, 3.8) is 0 Å². The Labute approximate surface area is 232 Å². The van der Waals surface area contributed by atoms with Gasteiger partial charge in [0.2, 0.25) is 0 Å². The molecule has 39 heavy (non-hydrogen) atoms. The van der Waals surface area contributed by atoms with Crippen molar-refractivity contribution in [1.82, 2.24) is 5.16 Å².